The monoisotopic (exact) mass is 343 g/mol. The van der Waals surface area contributed by atoms with E-state index in [9.17, 15) is 4.79 Å². The number of nitrogens with zero attached hydrogens (tertiary/aromatic N) is 2. The molecule has 1 unspecified atom stereocenters. The smallest absolute Gasteiger partial charge is 0.223 e. The van der Waals surface area contributed by atoms with E-state index < -0.39 is 0 Å². The predicted molar refractivity (Wildman–Crippen MR) is 103 cm³/mol. The number of carbonyl (C=O) groups is 1. The second-order valence-electron chi connectivity index (χ2n) is 7.63. The van der Waals surface area contributed by atoms with Gasteiger partial charge in [0.2, 0.25) is 5.91 Å². The minimum absolute atomic E-state index is 0.201. The average molecular weight is 344 g/mol. The number of rotatable bonds is 5. The molecule has 1 aromatic carbocycles. The fourth-order valence-corrected chi connectivity index (χ4v) is 4.33. The first-order chi connectivity index (χ1) is 12.2. The van der Waals surface area contributed by atoms with Gasteiger partial charge in [-0.25, -0.2) is 0 Å². The van der Waals surface area contributed by atoms with Crippen molar-refractivity contribution in [2.45, 2.75) is 57.4 Å². The highest BCUT2D eigenvalue weighted by Gasteiger charge is 2.24. The first-order valence-corrected chi connectivity index (χ1v) is 10.0. The van der Waals surface area contributed by atoms with Gasteiger partial charge in [0.1, 0.15) is 0 Å². The van der Waals surface area contributed by atoms with Crippen LogP contribution in [0.15, 0.2) is 24.3 Å². The van der Waals surface area contributed by atoms with Crippen molar-refractivity contribution in [1.29, 1.82) is 0 Å². The maximum Gasteiger partial charge on any atom is 0.223 e. The summed E-state index contributed by atoms with van der Waals surface area (Å²) in [5.74, 6) is 0.974. The highest BCUT2D eigenvalue weighted by atomic mass is 16.2. The third-order valence-electron chi connectivity index (χ3n) is 6.07. The molecule has 1 atom stereocenters. The maximum atomic E-state index is 12.0. The van der Waals surface area contributed by atoms with Gasteiger partial charge < -0.3 is 10.6 Å². The minimum atomic E-state index is 0.201. The number of nitrogens with two attached hydrogens (primary N) is 1. The normalized spacial score (nSPS) is 21.3. The summed E-state index contributed by atoms with van der Waals surface area (Å²) in [6, 6.07) is 9.75. The Morgan fingerprint density at radius 3 is 2.32 bits per heavy atom. The Morgan fingerprint density at radius 1 is 1.08 bits per heavy atom. The fourth-order valence-electron chi connectivity index (χ4n) is 4.33. The van der Waals surface area contributed by atoms with Gasteiger partial charge in [-0.1, -0.05) is 43.5 Å². The number of benzene rings is 1. The van der Waals surface area contributed by atoms with E-state index in [0.717, 1.165) is 32.1 Å². The van der Waals surface area contributed by atoms with E-state index >= 15 is 0 Å². The molecular weight excluding hydrogens is 310 g/mol. The molecule has 0 radical (unpaired) electrons. The van der Waals surface area contributed by atoms with Gasteiger partial charge in [-0.2, -0.15) is 0 Å². The zero-order valence-corrected chi connectivity index (χ0v) is 15.6. The Bertz CT molecular complexity index is 543. The third-order valence-corrected chi connectivity index (χ3v) is 6.07. The van der Waals surface area contributed by atoms with Crippen LogP contribution in [0.1, 0.15) is 68.5 Å². The quantitative estimate of drug-likeness (QED) is 0.892. The van der Waals surface area contributed by atoms with E-state index in [4.69, 9.17) is 5.73 Å². The van der Waals surface area contributed by atoms with Crippen molar-refractivity contribution in [2.24, 2.45) is 5.73 Å². The zero-order chi connectivity index (χ0) is 17.6. The second kappa shape index (κ2) is 8.81. The minimum Gasteiger partial charge on any atom is -0.340 e. The fraction of sp³-hybridized carbons (Fsp3) is 0.667. The lowest BCUT2D eigenvalue weighted by atomic mass is 9.83. The molecule has 4 heteroatoms. The number of carbonyl (C=O) groups excluding carboxylic acids is 1. The molecule has 2 fully saturated rings. The maximum absolute atomic E-state index is 12.0. The van der Waals surface area contributed by atoms with Crippen LogP contribution >= 0.6 is 0 Å². The molecule has 0 bridgehead atoms. The van der Waals surface area contributed by atoms with Crippen LogP contribution in [0.3, 0.4) is 0 Å². The van der Waals surface area contributed by atoms with Gasteiger partial charge in [-0.05, 0) is 36.8 Å². The van der Waals surface area contributed by atoms with Crippen LogP contribution in [-0.2, 0) is 4.79 Å². The number of piperazine rings is 1. The molecule has 1 saturated heterocycles. The zero-order valence-electron chi connectivity index (χ0n) is 15.6. The van der Waals surface area contributed by atoms with Gasteiger partial charge in [0.05, 0.1) is 0 Å². The lowest BCUT2D eigenvalue weighted by Crippen LogP contribution is -2.49. The number of hydrogen-bond donors (Lipinski definition) is 1. The Hall–Kier alpha value is -1.39. The summed E-state index contributed by atoms with van der Waals surface area (Å²) in [6.07, 6.45) is 7.36. The highest BCUT2D eigenvalue weighted by molar-refractivity contribution is 5.76. The van der Waals surface area contributed by atoms with Crippen molar-refractivity contribution in [3.8, 4) is 0 Å². The molecule has 138 valence electrons. The molecule has 3 rings (SSSR count). The summed E-state index contributed by atoms with van der Waals surface area (Å²) in [5, 5.41) is 0. The lowest BCUT2D eigenvalue weighted by Gasteiger charge is -2.38. The summed E-state index contributed by atoms with van der Waals surface area (Å²) < 4.78 is 0. The topological polar surface area (TPSA) is 49.6 Å². The molecular formula is C21H33N3O. The van der Waals surface area contributed by atoms with Crippen molar-refractivity contribution < 1.29 is 4.79 Å². The molecule has 1 aromatic rings. The van der Waals surface area contributed by atoms with E-state index in [2.05, 4.69) is 36.1 Å². The molecule has 2 N–H and O–H groups in total. The number of hydrogen-bond acceptors (Lipinski definition) is 3. The van der Waals surface area contributed by atoms with Crippen LogP contribution in [0.25, 0.3) is 0 Å². The summed E-state index contributed by atoms with van der Waals surface area (Å²) in [6.45, 7) is 6.27. The van der Waals surface area contributed by atoms with E-state index in [1.54, 1.807) is 0 Å². The van der Waals surface area contributed by atoms with E-state index in [-0.39, 0.29) is 5.91 Å². The standard InChI is InChI=1S/C21H33N3O/c1-17(23-13-15-24(16-14-23)21(25)11-12-22)18-7-9-20(10-8-18)19-5-3-2-4-6-19/h7-10,17,19H,2-6,11-16,22H2,1H3. The van der Waals surface area contributed by atoms with Crippen LogP contribution in [0.4, 0.5) is 0 Å². The molecule has 1 amide bonds. The van der Waals surface area contributed by atoms with E-state index in [1.807, 2.05) is 4.90 Å². The summed E-state index contributed by atoms with van der Waals surface area (Å²) in [4.78, 5) is 16.4. The SMILES string of the molecule is CC(c1ccc(C2CCCCC2)cc1)N1CCN(C(=O)CCN)CC1. The molecule has 4 nitrogen and oxygen atoms in total. The molecule has 1 saturated carbocycles. The van der Waals surface area contributed by atoms with Crippen LogP contribution in [0, 0.1) is 0 Å². The number of amides is 1. The van der Waals surface area contributed by atoms with Gasteiger partial charge in [0.15, 0.2) is 0 Å². The Balaban J connectivity index is 1.54. The summed E-state index contributed by atoms with van der Waals surface area (Å²) >= 11 is 0. The first-order valence-electron chi connectivity index (χ1n) is 10.0. The highest BCUT2D eigenvalue weighted by Crippen LogP contribution is 2.33. The van der Waals surface area contributed by atoms with Gasteiger partial charge in [-0.15, -0.1) is 0 Å². The van der Waals surface area contributed by atoms with Gasteiger partial charge in [0, 0.05) is 45.2 Å². The Kier molecular flexibility index (Phi) is 6.49. The largest absolute Gasteiger partial charge is 0.340 e. The van der Waals surface area contributed by atoms with Crippen molar-refractivity contribution in [3.63, 3.8) is 0 Å². The first kappa shape index (κ1) is 18.4. The van der Waals surface area contributed by atoms with Crippen LogP contribution in [-0.4, -0.2) is 48.4 Å². The predicted octanol–water partition coefficient (Wildman–Crippen LogP) is 3.29. The van der Waals surface area contributed by atoms with Crippen LogP contribution in [0.5, 0.6) is 0 Å². The van der Waals surface area contributed by atoms with Crippen molar-refractivity contribution >= 4 is 5.91 Å². The van der Waals surface area contributed by atoms with E-state index in [0.29, 0.717) is 19.0 Å². The lowest BCUT2D eigenvalue weighted by molar-refractivity contribution is -0.133. The van der Waals surface area contributed by atoms with Crippen LogP contribution < -0.4 is 5.73 Å². The Morgan fingerprint density at radius 2 is 1.72 bits per heavy atom. The molecule has 25 heavy (non-hydrogen) atoms. The van der Waals surface area contributed by atoms with Crippen molar-refractivity contribution in [2.75, 3.05) is 32.7 Å². The van der Waals surface area contributed by atoms with Crippen molar-refractivity contribution in [3.05, 3.63) is 35.4 Å². The Labute approximate surface area is 152 Å². The molecule has 1 aliphatic carbocycles. The van der Waals surface area contributed by atoms with Crippen LogP contribution in [0.2, 0.25) is 0 Å². The molecule has 1 aliphatic heterocycles. The molecule has 1 heterocycles. The molecule has 0 spiro atoms. The summed E-state index contributed by atoms with van der Waals surface area (Å²) in [7, 11) is 0. The third kappa shape index (κ3) is 4.62. The van der Waals surface area contributed by atoms with E-state index in [1.165, 1.54) is 43.2 Å². The van der Waals surface area contributed by atoms with Crippen molar-refractivity contribution in [1.82, 2.24) is 9.80 Å². The average Bonchev–Trinajstić information content (AvgIpc) is 2.68. The van der Waals surface area contributed by atoms with Gasteiger partial charge in [0.25, 0.3) is 0 Å². The molecule has 0 aromatic heterocycles. The summed E-state index contributed by atoms with van der Waals surface area (Å²) in [5.41, 5.74) is 8.41. The second-order valence-corrected chi connectivity index (χ2v) is 7.63. The van der Waals surface area contributed by atoms with Gasteiger partial charge in [-0.3, -0.25) is 9.69 Å². The van der Waals surface area contributed by atoms with Gasteiger partial charge >= 0.3 is 0 Å². The molecule has 2 aliphatic rings.